The van der Waals surface area contributed by atoms with Crippen molar-refractivity contribution < 1.29 is 5.21 Å². The lowest BCUT2D eigenvalue weighted by Crippen LogP contribution is -2.36. The Morgan fingerprint density at radius 1 is 1.41 bits per heavy atom. The second-order valence-electron chi connectivity index (χ2n) is 5.47. The van der Waals surface area contributed by atoms with Gasteiger partial charge in [0.15, 0.2) is 0 Å². The number of rotatable bonds is 9. The minimum Gasteiger partial charge on any atom is -0.409 e. The van der Waals surface area contributed by atoms with Crippen molar-refractivity contribution in [3.63, 3.8) is 0 Å². The SMILES string of the molecule is CCCCCC(C)NCCC(C)(C)C(N)=NO. The molecule has 4 N–H and O–H groups in total. The predicted molar refractivity (Wildman–Crippen MR) is 73.4 cm³/mol. The molecule has 102 valence electrons. The van der Waals surface area contributed by atoms with Gasteiger partial charge in [0.25, 0.3) is 0 Å². The molecule has 0 aliphatic heterocycles. The van der Waals surface area contributed by atoms with Crippen LogP contribution in [0.1, 0.15) is 59.8 Å². The van der Waals surface area contributed by atoms with Crippen LogP contribution >= 0.6 is 0 Å². The summed E-state index contributed by atoms with van der Waals surface area (Å²) >= 11 is 0. The maximum Gasteiger partial charge on any atom is 0.144 e. The maximum atomic E-state index is 8.66. The first-order chi connectivity index (χ1) is 7.94. The van der Waals surface area contributed by atoms with Crippen LogP contribution in [0.4, 0.5) is 0 Å². The summed E-state index contributed by atoms with van der Waals surface area (Å²) in [5.74, 6) is 0.304. The standard InChI is InChI=1S/C13H29N3O/c1-5-6-7-8-11(2)15-10-9-13(3,4)12(14)16-17/h11,15,17H,5-10H2,1-4H3,(H2,14,16). The third-order valence-corrected chi connectivity index (χ3v) is 3.28. The fraction of sp³-hybridized carbons (Fsp3) is 0.923. The van der Waals surface area contributed by atoms with Crippen molar-refractivity contribution in [2.24, 2.45) is 16.3 Å². The molecule has 4 heteroatoms. The van der Waals surface area contributed by atoms with Gasteiger partial charge in [-0.1, -0.05) is 45.2 Å². The molecule has 1 unspecified atom stereocenters. The van der Waals surface area contributed by atoms with E-state index >= 15 is 0 Å². The first kappa shape index (κ1) is 16.2. The Kier molecular flexibility index (Phi) is 7.96. The van der Waals surface area contributed by atoms with Crippen molar-refractivity contribution in [3.05, 3.63) is 0 Å². The topological polar surface area (TPSA) is 70.6 Å². The average Bonchev–Trinajstić information content (AvgIpc) is 2.28. The average molecular weight is 243 g/mol. The summed E-state index contributed by atoms with van der Waals surface area (Å²) < 4.78 is 0. The number of nitrogens with one attached hydrogen (secondary N) is 1. The number of hydrogen-bond acceptors (Lipinski definition) is 3. The molecule has 0 aliphatic rings. The van der Waals surface area contributed by atoms with Crippen LogP contribution in [-0.4, -0.2) is 23.6 Å². The molecule has 0 fully saturated rings. The van der Waals surface area contributed by atoms with Crippen molar-refractivity contribution in [3.8, 4) is 0 Å². The van der Waals surface area contributed by atoms with Crippen molar-refractivity contribution in [2.75, 3.05) is 6.54 Å². The maximum absolute atomic E-state index is 8.66. The second-order valence-corrected chi connectivity index (χ2v) is 5.47. The van der Waals surface area contributed by atoms with Gasteiger partial charge < -0.3 is 16.3 Å². The van der Waals surface area contributed by atoms with Crippen LogP contribution in [0, 0.1) is 5.41 Å². The van der Waals surface area contributed by atoms with Crippen LogP contribution in [0.15, 0.2) is 5.16 Å². The Morgan fingerprint density at radius 2 is 2.06 bits per heavy atom. The normalized spacial score (nSPS) is 14.9. The largest absolute Gasteiger partial charge is 0.409 e. The highest BCUT2D eigenvalue weighted by Gasteiger charge is 2.23. The summed E-state index contributed by atoms with van der Waals surface area (Å²) in [7, 11) is 0. The van der Waals surface area contributed by atoms with Gasteiger partial charge in [0.1, 0.15) is 5.84 Å². The second kappa shape index (κ2) is 8.34. The minimum atomic E-state index is -0.245. The molecule has 1 atom stereocenters. The molecule has 0 heterocycles. The number of hydrogen-bond donors (Lipinski definition) is 3. The Balaban J connectivity index is 3.75. The summed E-state index contributed by atoms with van der Waals surface area (Å²) in [6, 6.07) is 0.546. The summed E-state index contributed by atoms with van der Waals surface area (Å²) in [5.41, 5.74) is 5.39. The van der Waals surface area contributed by atoms with E-state index in [1.165, 1.54) is 25.7 Å². The van der Waals surface area contributed by atoms with Gasteiger partial charge in [0.05, 0.1) is 0 Å². The molecule has 0 radical (unpaired) electrons. The van der Waals surface area contributed by atoms with Crippen molar-refractivity contribution in [1.29, 1.82) is 0 Å². The number of unbranched alkanes of at least 4 members (excludes halogenated alkanes) is 2. The molecular formula is C13H29N3O. The molecule has 0 aliphatic carbocycles. The fourth-order valence-electron chi connectivity index (χ4n) is 1.70. The monoisotopic (exact) mass is 243 g/mol. The van der Waals surface area contributed by atoms with E-state index < -0.39 is 0 Å². The van der Waals surface area contributed by atoms with Gasteiger partial charge in [-0.25, -0.2) is 0 Å². The van der Waals surface area contributed by atoms with E-state index in [0.717, 1.165) is 13.0 Å². The van der Waals surface area contributed by atoms with E-state index in [4.69, 9.17) is 10.9 Å². The van der Waals surface area contributed by atoms with Crippen molar-refractivity contribution in [2.45, 2.75) is 65.8 Å². The zero-order valence-corrected chi connectivity index (χ0v) is 11.8. The molecule has 0 saturated heterocycles. The minimum absolute atomic E-state index is 0.245. The van der Waals surface area contributed by atoms with Gasteiger partial charge in [0.2, 0.25) is 0 Å². The third-order valence-electron chi connectivity index (χ3n) is 3.28. The zero-order valence-electron chi connectivity index (χ0n) is 11.8. The molecule has 0 aromatic rings. The van der Waals surface area contributed by atoms with Crippen LogP contribution in [0.2, 0.25) is 0 Å². The molecule has 0 spiro atoms. The predicted octanol–water partition coefficient (Wildman–Crippen LogP) is 2.71. The molecular weight excluding hydrogens is 214 g/mol. The summed E-state index contributed by atoms with van der Waals surface area (Å²) in [4.78, 5) is 0. The number of amidine groups is 1. The van der Waals surface area contributed by atoms with E-state index in [1.54, 1.807) is 0 Å². The van der Waals surface area contributed by atoms with Gasteiger partial charge in [-0.05, 0) is 26.3 Å². The van der Waals surface area contributed by atoms with Crippen molar-refractivity contribution in [1.82, 2.24) is 5.32 Å². The highest BCUT2D eigenvalue weighted by atomic mass is 16.4. The van der Waals surface area contributed by atoms with E-state index in [1.807, 2.05) is 13.8 Å². The van der Waals surface area contributed by atoms with Gasteiger partial charge in [-0.15, -0.1) is 0 Å². The van der Waals surface area contributed by atoms with E-state index in [0.29, 0.717) is 11.9 Å². The molecule has 0 aromatic carbocycles. The van der Waals surface area contributed by atoms with Crippen LogP contribution < -0.4 is 11.1 Å². The number of nitrogens with zero attached hydrogens (tertiary/aromatic N) is 1. The van der Waals surface area contributed by atoms with E-state index in [-0.39, 0.29) is 5.41 Å². The van der Waals surface area contributed by atoms with Gasteiger partial charge in [-0.3, -0.25) is 0 Å². The lowest BCUT2D eigenvalue weighted by molar-refractivity contribution is 0.304. The summed E-state index contributed by atoms with van der Waals surface area (Å²) in [6.07, 6.45) is 5.96. The molecule has 0 aromatic heterocycles. The van der Waals surface area contributed by atoms with Gasteiger partial charge in [-0.2, -0.15) is 0 Å². The molecule has 0 bridgehead atoms. The summed E-state index contributed by atoms with van der Waals surface area (Å²) in [5, 5.41) is 15.2. The smallest absolute Gasteiger partial charge is 0.144 e. The summed E-state index contributed by atoms with van der Waals surface area (Å²) in [6.45, 7) is 9.32. The third kappa shape index (κ3) is 7.21. The number of oxime groups is 1. The Labute approximate surface area is 106 Å². The fourth-order valence-corrected chi connectivity index (χ4v) is 1.70. The van der Waals surface area contributed by atoms with Crippen LogP contribution in [0.5, 0.6) is 0 Å². The first-order valence-electron chi connectivity index (χ1n) is 6.65. The van der Waals surface area contributed by atoms with Crippen molar-refractivity contribution >= 4 is 5.84 Å². The molecule has 0 saturated carbocycles. The van der Waals surface area contributed by atoms with Crippen LogP contribution in [-0.2, 0) is 0 Å². The highest BCUT2D eigenvalue weighted by Crippen LogP contribution is 2.19. The Morgan fingerprint density at radius 3 is 2.59 bits per heavy atom. The quantitative estimate of drug-likeness (QED) is 0.192. The van der Waals surface area contributed by atoms with Gasteiger partial charge in [0, 0.05) is 11.5 Å². The van der Waals surface area contributed by atoms with Gasteiger partial charge >= 0.3 is 0 Å². The lowest BCUT2D eigenvalue weighted by Gasteiger charge is -2.24. The Bertz CT molecular complexity index is 227. The van der Waals surface area contributed by atoms with Crippen LogP contribution in [0.3, 0.4) is 0 Å². The van der Waals surface area contributed by atoms with E-state index in [2.05, 4.69) is 24.3 Å². The highest BCUT2D eigenvalue weighted by molar-refractivity contribution is 5.85. The molecule has 0 rings (SSSR count). The Hall–Kier alpha value is -0.770. The lowest BCUT2D eigenvalue weighted by atomic mass is 9.88. The zero-order chi connectivity index (χ0) is 13.3. The molecule has 17 heavy (non-hydrogen) atoms. The molecule has 0 amide bonds. The first-order valence-corrected chi connectivity index (χ1v) is 6.65. The number of nitrogens with two attached hydrogens (primary N) is 1. The van der Waals surface area contributed by atoms with E-state index in [9.17, 15) is 0 Å². The molecule has 4 nitrogen and oxygen atoms in total. The van der Waals surface area contributed by atoms with Crippen LogP contribution in [0.25, 0.3) is 0 Å².